The van der Waals surface area contributed by atoms with Gasteiger partial charge in [0.15, 0.2) is 0 Å². The molecule has 0 heterocycles. The first-order valence-corrected chi connectivity index (χ1v) is 10.2. The number of carbonyl (C=O) groups excluding carboxylic acids is 1. The summed E-state index contributed by atoms with van der Waals surface area (Å²) in [6.07, 6.45) is 0.885. The van der Waals surface area contributed by atoms with Crippen LogP contribution in [0.3, 0.4) is 0 Å². The number of amides is 1. The number of benzene rings is 2. The van der Waals surface area contributed by atoms with Gasteiger partial charge in [-0.15, -0.1) is 0 Å². The number of rotatable bonds is 7. The van der Waals surface area contributed by atoms with Crippen LogP contribution in [0.4, 0.5) is 5.69 Å². The lowest BCUT2D eigenvalue weighted by molar-refractivity contribution is 0.0952. The second kappa shape index (κ2) is 8.56. The highest BCUT2D eigenvalue weighted by Crippen LogP contribution is 2.24. The van der Waals surface area contributed by atoms with E-state index in [0.29, 0.717) is 28.7 Å². The van der Waals surface area contributed by atoms with Crippen molar-refractivity contribution in [1.82, 2.24) is 5.32 Å². The molecule has 7 heteroatoms. The molecule has 0 aliphatic carbocycles. The minimum Gasteiger partial charge on any atom is -0.352 e. The third-order valence-electron chi connectivity index (χ3n) is 3.95. The van der Waals surface area contributed by atoms with Crippen LogP contribution in [0.25, 0.3) is 0 Å². The van der Waals surface area contributed by atoms with Gasteiger partial charge in [-0.25, -0.2) is 8.42 Å². The van der Waals surface area contributed by atoms with E-state index in [2.05, 4.69) is 19.2 Å². The summed E-state index contributed by atoms with van der Waals surface area (Å²) in [7, 11) is -2.28. The fraction of sp³-hybridized carbons (Fsp3) is 0.316. The number of anilines is 1. The highest BCUT2D eigenvalue weighted by Gasteiger charge is 2.22. The predicted octanol–water partition coefficient (Wildman–Crippen LogP) is 3.94. The largest absolute Gasteiger partial charge is 0.352 e. The second-order valence-electron chi connectivity index (χ2n) is 6.42. The summed E-state index contributed by atoms with van der Waals surface area (Å²) in [5.74, 6) is 0.280. The average molecular weight is 395 g/mol. The second-order valence-corrected chi connectivity index (χ2v) is 8.82. The summed E-state index contributed by atoms with van der Waals surface area (Å²) in [6.45, 7) is 4.76. The molecule has 0 bridgehead atoms. The summed E-state index contributed by atoms with van der Waals surface area (Å²) in [6, 6.07) is 12.5. The number of hydrogen-bond acceptors (Lipinski definition) is 3. The van der Waals surface area contributed by atoms with Crippen LogP contribution in [0.5, 0.6) is 0 Å². The maximum atomic E-state index is 12.8. The molecule has 0 radical (unpaired) electrons. The van der Waals surface area contributed by atoms with Gasteiger partial charge < -0.3 is 5.32 Å². The molecule has 0 atom stereocenters. The zero-order valence-electron chi connectivity index (χ0n) is 15.1. The molecule has 26 heavy (non-hydrogen) atoms. The molecule has 5 nitrogen and oxygen atoms in total. The molecule has 2 aromatic rings. The van der Waals surface area contributed by atoms with E-state index in [1.807, 2.05) is 0 Å². The fourth-order valence-electron chi connectivity index (χ4n) is 2.32. The van der Waals surface area contributed by atoms with Gasteiger partial charge in [-0.2, -0.15) is 0 Å². The van der Waals surface area contributed by atoms with Gasteiger partial charge in [-0.05, 0) is 54.8 Å². The number of nitrogens with zero attached hydrogens (tertiary/aromatic N) is 1. The van der Waals surface area contributed by atoms with Gasteiger partial charge in [0.05, 0.1) is 10.6 Å². The van der Waals surface area contributed by atoms with Crippen molar-refractivity contribution in [2.75, 3.05) is 17.9 Å². The van der Waals surface area contributed by atoms with Crippen LogP contribution in [-0.2, 0) is 10.0 Å². The quantitative estimate of drug-likeness (QED) is 0.773. The van der Waals surface area contributed by atoms with E-state index in [0.717, 1.165) is 10.7 Å². The number of sulfonamides is 1. The lowest BCUT2D eigenvalue weighted by Crippen LogP contribution is -2.28. The number of carbonyl (C=O) groups is 1. The van der Waals surface area contributed by atoms with Gasteiger partial charge in [-0.1, -0.05) is 31.5 Å². The van der Waals surface area contributed by atoms with Crippen LogP contribution in [-0.4, -0.2) is 27.9 Å². The third-order valence-corrected chi connectivity index (χ3v) is 6.00. The molecule has 0 fully saturated rings. The SMILES string of the molecule is CC(C)CCNC(=O)c1cccc(N(C)S(=O)(=O)c2ccc(Cl)cc2)c1. The van der Waals surface area contributed by atoms with Gasteiger partial charge in [-0.3, -0.25) is 9.10 Å². The first-order valence-electron chi connectivity index (χ1n) is 8.34. The summed E-state index contributed by atoms with van der Waals surface area (Å²) in [5.41, 5.74) is 0.834. The topological polar surface area (TPSA) is 66.5 Å². The summed E-state index contributed by atoms with van der Waals surface area (Å²) in [5, 5.41) is 3.32. The molecule has 2 rings (SSSR count). The Kier molecular flexibility index (Phi) is 6.67. The Morgan fingerprint density at radius 1 is 1.15 bits per heavy atom. The molecular formula is C19H23ClN2O3S. The Hall–Kier alpha value is -2.05. The van der Waals surface area contributed by atoms with E-state index in [4.69, 9.17) is 11.6 Å². The van der Waals surface area contributed by atoms with Gasteiger partial charge in [0.25, 0.3) is 15.9 Å². The molecule has 1 N–H and O–H groups in total. The molecule has 2 aromatic carbocycles. The van der Waals surface area contributed by atoms with E-state index in [-0.39, 0.29) is 10.8 Å². The van der Waals surface area contributed by atoms with Crippen molar-refractivity contribution in [3.05, 3.63) is 59.1 Å². The normalized spacial score (nSPS) is 11.4. The number of halogens is 1. The molecule has 0 saturated carbocycles. The van der Waals surface area contributed by atoms with Crippen molar-refractivity contribution < 1.29 is 13.2 Å². The molecule has 0 aliphatic rings. The summed E-state index contributed by atoms with van der Waals surface area (Å²) < 4.78 is 26.7. The van der Waals surface area contributed by atoms with Gasteiger partial charge in [0, 0.05) is 24.2 Å². The zero-order valence-corrected chi connectivity index (χ0v) is 16.6. The number of nitrogens with one attached hydrogen (secondary N) is 1. The Balaban J connectivity index is 2.20. The van der Waals surface area contributed by atoms with E-state index in [1.54, 1.807) is 24.3 Å². The van der Waals surface area contributed by atoms with Crippen molar-refractivity contribution in [2.45, 2.75) is 25.2 Å². The minimum absolute atomic E-state index is 0.135. The highest BCUT2D eigenvalue weighted by atomic mass is 35.5. The summed E-state index contributed by atoms with van der Waals surface area (Å²) in [4.78, 5) is 12.4. The van der Waals surface area contributed by atoms with Gasteiger partial charge in [0.2, 0.25) is 0 Å². The van der Waals surface area contributed by atoms with Crippen LogP contribution >= 0.6 is 11.6 Å². The lowest BCUT2D eigenvalue weighted by atomic mass is 10.1. The smallest absolute Gasteiger partial charge is 0.264 e. The van der Waals surface area contributed by atoms with Gasteiger partial charge >= 0.3 is 0 Å². The van der Waals surface area contributed by atoms with E-state index in [1.165, 1.54) is 31.3 Å². The molecule has 0 spiro atoms. The van der Waals surface area contributed by atoms with E-state index >= 15 is 0 Å². The third kappa shape index (κ3) is 4.99. The van der Waals surface area contributed by atoms with Crippen molar-refractivity contribution in [2.24, 2.45) is 5.92 Å². The standard InChI is InChI=1S/C19H23ClN2O3S/c1-14(2)11-12-21-19(23)15-5-4-6-17(13-15)22(3)26(24,25)18-9-7-16(20)8-10-18/h4-10,13-14H,11-12H2,1-3H3,(H,21,23). The highest BCUT2D eigenvalue weighted by molar-refractivity contribution is 7.92. The van der Waals surface area contributed by atoms with Gasteiger partial charge in [0.1, 0.15) is 0 Å². The Morgan fingerprint density at radius 2 is 1.81 bits per heavy atom. The number of hydrogen-bond donors (Lipinski definition) is 1. The van der Waals surface area contributed by atoms with E-state index in [9.17, 15) is 13.2 Å². The molecule has 140 valence electrons. The van der Waals surface area contributed by atoms with Crippen molar-refractivity contribution >= 4 is 33.2 Å². The fourth-order valence-corrected chi connectivity index (χ4v) is 3.64. The molecule has 0 saturated heterocycles. The van der Waals surface area contributed by atoms with Crippen LogP contribution in [0, 0.1) is 5.92 Å². The Bertz CT molecular complexity index is 865. The monoisotopic (exact) mass is 394 g/mol. The maximum absolute atomic E-state index is 12.8. The molecule has 0 aromatic heterocycles. The van der Waals surface area contributed by atoms with Crippen LogP contribution in [0.1, 0.15) is 30.6 Å². The first kappa shape index (κ1) is 20.3. The molecular weight excluding hydrogens is 372 g/mol. The maximum Gasteiger partial charge on any atom is 0.264 e. The molecule has 0 unspecified atom stereocenters. The van der Waals surface area contributed by atoms with Crippen LogP contribution < -0.4 is 9.62 Å². The lowest BCUT2D eigenvalue weighted by Gasteiger charge is -2.20. The average Bonchev–Trinajstić information content (AvgIpc) is 2.61. The van der Waals surface area contributed by atoms with Crippen molar-refractivity contribution in [3.63, 3.8) is 0 Å². The predicted molar refractivity (Wildman–Crippen MR) is 105 cm³/mol. The summed E-state index contributed by atoms with van der Waals surface area (Å²) >= 11 is 5.82. The van der Waals surface area contributed by atoms with Crippen LogP contribution in [0.15, 0.2) is 53.4 Å². The van der Waals surface area contributed by atoms with Crippen LogP contribution in [0.2, 0.25) is 5.02 Å². The minimum atomic E-state index is -3.74. The Labute approximate surface area is 160 Å². The zero-order chi connectivity index (χ0) is 19.3. The molecule has 1 amide bonds. The van der Waals surface area contributed by atoms with Crippen molar-refractivity contribution in [1.29, 1.82) is 0 Å². The Morgan fingerprint density at radius 3 is 2.42 bits per heavy atom. The first-order chi connectivity index (χ1) is 12.2. The van der Waals surface area contributed by atoms with Crippen molar-refractivity contribution in [3.8, 4) is 0 Å². The molecule has 0 aliphatic heterocycles. The van der Waals surface area contributed by atoms with E-state index < -0.39 is 10.0 Å².